The Balaban J connectivity index is 2.45. The Hall–Kier alpha value is -1.66. The van der Waals surface area contributed by atoms with Crippen LogP contribution in [0.5, 0.6) is 5.75 Å². The van der Waals surface area contributed by atoms with Crippen LogP contribution in [-0.2, 0) is 15.6 Å². The molecular formula is C14H12O4S2. The summed E-state index contributed by atoms with van der Waals surface area (Å²) in [5.41, 5.74) is 1.46. The summed E-state index contributed by atoms with van der Waals surface area (Å²) >= 11 is 1.28. The van der Waals surface area contributed by atoms with Gasteiger partial charge in [-0.05, 0) is 35.6 Å². The van der Waals surface area contributed by atoms with Crippen LogP contribution in [0.15, 0.2) is 28.5 Å². The van der Waals surface area contributed by atoms with E-state index in [0.717, 1.165) is 0 Å². The topological polar surface area (TPSA) is 60.4 Å². The van der Waals surface area contributed by atoms with Gasteiger partial charge in [-0.25, -0.2) is 8.42 Å². The first-order chi connectivity index (χ1) is 9.45. The van der Waals surface area contributed by atoms with Crippen molar-refractivity contribution in [3.63, 3.8) is 0 Å². The molecular weight excluding hydrogens is 296 g/mol. The molecule has 4 nitrogen and oxygen atoms in total. The van der Waals surface area contributed by atoms with E-state index in [-0.39, 0.29) is 27.7 Å². The normalized spacial score (nSPS) is 16.2. The lowest BCUT2D eigenvalue weighted by Gasteiger charge is -2.12. The Morgan fingerprint density at radius 3 is 2.70 bits per heavy atom. The van der Waals surface area contributed by atoms with Crippen molar-refractivity contribution in [2.45, 2.75) is 17.6 Å². The highest BCUT2D eigenvalue weighted by molar-refractivity contribution is 7.91. The number of hydrogen-bond acceptors (Lipinski definition) is 5. The average molecular weight is 308 g/mol. The van der Waals surface area contributed by atoms with Gasteiger partial charge in [0.15, 0.2) is 9.84 Å². The molecule has 104 valence electrons. The SMILES string of the molecule is COc1ccc(C)c2c1S(=O)(=O)Cc1ccsc1C2=O. The highest BCUT2D eigenvalue weighted by atomic mass is 32.2. The lowest BCUT2D eigenvalue weighted by molar-refractivity contribution is 0.103. The van der Waals surface area contributed by atoms with Crippen molar-refractivity contribution < 1.29 is 17.9 Å². The van der Waals surface area contributed by atoms with Crippen LogP contribution in [0.4, 0.5) is 0 Å². The molecule has 0 fully saturated rings. The summed E-state index contributed by atoms with van der Waals surface area (Å²) in [6.07, 6.45) is 0. The van der Waals surface area contributed by atoms with Gasteiger partial charge in [-0.2, -0.15) is 0 Å². The molecule has 20 heavy (non-hydrogen) atoms. The monoisotopic (exact) mass is 308 g/mol. The first-order valence-corrected chi connectivity index (χ1v) is 8.50. The van der Waals surface area contributed by atoms with Crippen LogP contribution in [0.25, 0.3) is 0 Å². The number of fused-ring (bicyclic) bond motifs is 2. The fourth-order valence-electron chi connectivity index (χ4n) is 2.45. The molecule has 1 aromatic heterocycles. The van der Waals surface area contributed by atoms with E-state index in [0.29, 0.717) is 16.0 Å². The Kier molecular flexibility index (Phi) is 2.95. The molecule has 1 aromatic carbocycles. The van der Waals surface area contributed by atoms with Gasteiger partial charge in [-0.15, -0.1) is 11.3 Å². The lowest BCUT2D eigenvalue weighted by Crippen LogP contribution is -2.10. The Morgan fingerprint density at radius 2 is 2.00 bits per heavy atom. The van der Waals surface area contributed by atoms with E-state index in [1.165, 1.54) is 18.4 Å². The zero-order valence-corrected chi connectivity index (χ0v) is 12.6. The van der Waals surface area contributed by atoms with Crippen molar-refractivity contribution in [2.75, 3.05) is 7.11 Å². The minimum absolute atomic E-state index is 0.0217. The van der Waals surface area contributed by atoms with Crippen LogP contribution in [0.1, 0.15) is 26.4 Å². The van der Waals surface area contributed by atoms with E-state index in [1.54, 1.807) is 30.5 Å². The molecule has 1 aliphatic heterocycles. The van der Waals surface area contributed by atoms with Crippen LogP contribution in [0.3, 0.4) is 0 Å². The summed E-state index contributed by atoms with van der Waals surface area (Å²) in [6, 6.07) is 5.01. The molecule has 0 atom stereocenters. The summed E-state index contributed by atoms with van der Waals surface area (Å²) in [6.45, 7) is 1.74. The largest absolute Gasteiger partial charge is 0.495 e. The predicted molar refractivity (Wildman–Crippen MR) is 76.4 cm³/mol. The van der Waals surface area contributed by atoms with Crippen molar-refractivity contribution in [3.05, 3.63) is 45.1 Å². The van der Waals surface area contributed by atoms with E-state index in [4.69, 9.17) is 4.74 Å². The van der Waals surface area contributed by atoms with Gasteiger partial charge >= 0.3 is 0 Å². The molecule has 2 heterocycles. The number of carbonyl (C=O) groups is 1. The van der Waals surface area contributed by atoms with Crippen LogP contribution in [0.2, 0.25) is 0 Å². The summed E-state index contributed by atoms with van der Waals surface area (Å²) in [5.74, 6) is -0.165. The van der Waals surface area contributed by atoms with Gasteiger partial charge < -0.3 is 4.74 Å². The van der Waals surface area contributed by atoms with E-state index in [1.807, 2.05) is 0 Å². The minimum Gasteiger partial charge on any atom is -0.495 e. The summed E-state index contributed by atoms with van der Waals surface area (Å²) in [4.78, 5) is 13.2. The summed E-state index contributed by atoms with van der Waals surface area (Å²) in [7, 11) is -2.19. The predicted octanol–water partition coefficient (Wildman–Crippen LogP) is 2.58. The maximum atomic E-state index is 12.7. The number of sulfone groups is 1. The number of hydrogen-bond donors (Lipinski definition) is 0. The number of methoxy groups -OCH3 is 1. The third-order valence-electron chi connectivity index (χ3n) is 3.39. The Bertz CT molecular complexity index is 816. The number of ether oxygens (including phenoxy) is 1. The molecule has 6 heteroatoms. The molecule has 0 radical (unpaired) electrons. The Labute approximate surface area is 120 Å². The maximum absolute atomic E-state index is 12.7. The third kappa shape index (κ3) is 1.79. The second kappa shape index (κ2) is 4.43. The number of rotatable bonds is 1. The quantitative estimate of drug-likeness (QED) is 0.812. The van der Waals surface area contributed by atoms with E-state index >= 15 is 0 Å². The molecule has 2 aromatic rings. The number of thiophene rings is 1. The van der Waals surface area contributed by atoms with E-state index < -0.39 is 9.84 Å². The highest BCUT2D eigenvalue weighted by Crippen LogP contribution is 2.38. The van der Waals surface area contributed by atoms with Crippen molar-refractivity contribution in [3.8, 4) is 5.75 Å². The molecule has 0 saturated heterocycles. The highest BCUT2D eigenvalue weighted by Gasteiger charge is 2.35. The van der Waals surface area contributed by atoms with Gasteiger partial charge in [0.1, 0.15) is 10.6 Å². The number of carbonyl (C=O) groups excluding carboxylic acids is 1. The molecule has 0 unspecified atom stereocenters. The van der Waals surface area contributed by atoms with Crippen LogP contribution in [0, 0.1) is 6.92 Å². The van der Waals surface area contributed by atoms with Gasteiger partial charge in [0, 0.05) is 5.56 Å². The number of ketones is 1. The molecule has 0 aliphatic carbocycles. The fourth-order valence-corrected chi connectivity index (χ4v) is 5.23. The molecule has 0 saturated carbocycles. The van der Waals surface area contributed by atoms with Gasteiger partial charge in [-0.3, -0.25) is 4.79 Å². The number of aryl methyl sites for hydroxylation is 1. The van der Waals surface area contributed by atoms with Crippen molar-refractivity contribution in [1.29, 1.82) is 0 Å². The van der Waals surface area contributed by atoms with Gasteiger partial charge in [0.05, 0.1) is 17.7 Å². The minimum atomic E-state index is -3.60. The van der Waals surface area contributed by atoms with Crippen molar-refractivity contribution in [1.82, 2.24) is 0 Å². The second-order valence-corrected chi connectivity index (χ2v) is 7.49. The first kappa shape index (κ1) is 13.3. The first-order valence-electron chi connectivity index (χ1n) is 5.97. The van der Waals surface area contributed by atoms with Crippen molar-refractivity contribution >= 4 is 27.0 Å². The fraction of sp³-hybridized carbons (Fsp3) is 0.214. The van der Waals surface area contributed by atoms with Gasteiger partial charge in [-0.1, -0.05) is 6.07 Å². The molecule has 0 bridgehead atoms. The molecule has 0 amide bonds. The average Bonchev–Trinajstić information content (AvgIpc) is 2.81. The number of benzene rings is 1. The summed E-state index contributed by atoms with van der Waals surface area (Å²) in [5, 5.41) is 1.75. The molecule has 3 rings (SSSR count). The molecule has 1 aliphatic rings. The van der Waals surface area contributed by atoms with Gasteiger partial charge in [0.25, 0.3) is 0 Å². The third-order valence-corrected chi connectivity index (χ3v) is 6.06. The standard InChI is InChI=1S/C14H12O4S2/c1-8-3-4-10(18-2)14-11(8)12(15)13-9(5-6-19-13)7-20(14,16)17/h3-6H,7H2,1-2H3. The second-order valence-electron chi connectivity index (χ2n) is 4.65. The van der Waals surface area contributed by atoms with Crippen molar-refractivity contribution in [2.24, 2.45) is 0 Å². The lowest BCUT2D eigenvalue weighted by atomic mass is 10.0. The zero-order valence-electron chi connectivity index (χ0n) is 11.0. The van der Waals surface area contributed by atoms with E-state index in [9.17, 15) is 13.2 Å². The smallest absolute Gasteiger partial charge is 0.204 e. The maximum Gasteiger partial charge on any atom is 0.204 e. The van der Waals surface area contributed by atoms with Gasteiger partial charge in [0.2, 0.25) is 5.78 Å². The molecule has 0 N–H and O–H groups in total. The van der Waals surface area contributed by atoms with Crippen LogP contribution < -0.4 is 4.74 Å². The van der Waals surface area contributed by atoms with Crippen LogP contribution >= 0.6 is 11.3 Å². The molecule has 0 spiro atoms. The van der Waals surface area contributed by atoms with E-state index in [2.05, 4.69) is 0 Å². The summed E-state index contributed by atoms with van der Waals surface area (Å²) < 4.78 is 30.4. The van der Waals surface area contributed by atoms with Crippen LogP contribution in [-0.4, -0.2) is 21.3 Å². The Morgan fingerprint density at radius 1 is 1.25 bits per heavy atom. The zero-order chi connectivity index (χ0) is 14.5.